The fourth-order valence-electron chi connectivity index (χ4n) is 0. The first-order chi connectivity index (χ1) is 2.41. The molecule has 0 rings (SSSR count). The van der Waals surface area contributed by atoms with Gasteiger partial charge in [0.15, 0.2) is 0 Å². The zero-order valence-corrected chi connectivity index (χ0v) is 3.56. The van der Waals surface area contributed by atoms with Gasteiger partial charge in [-0.2, -0.15) is 0 Å². The first kappa shape index (κ1) is 16.9. The summed E-state index contributed by atoms with van der Waals surface area (Å²) in [5, 5.41) is 0. The number of rotatable bonds is 0. The molecular weight excluding hydrogens is 80.0 g/mol. The first-order valence-corrected chi connectivity index (χ1v) is 1.22. The second-order valence-corrected chi connectivity index (χ2v) is 0.236. The Morgan fingerprint density at radius 1 is 1.33 bits per heavy atom. The summed E-state index contributed by atoms with van der Waals surface area (Å²) in [6.07, 6.45) is 0. The summed E-state index contributed by atoms with van der Waals surface area (Å²) in [6.45, 7) is 0. The lowest BCUT2D eigenvalue weighted by molar-refractivity contribution is 0.206. The van der Waals surface area contributed by atoms with Gasteiger partial charge < -0.3 is 10.6 Å². The Balaban J connectivity index is -0.0000000275. The Kier molecular flexibility index (Phi) is 267. The highest BCUT2D eigenvalue weighted by Gasteiger charge is 1.23. The van der Waals surface area contributed by atoms with Gasteiger partial charge in [0, 0.05) is 0 Å². The zero-order chi connectivity index (χ0) is 4.71. The van der Waals surface area contributed by atoms with Gasteiger partial charge in [-0.15, -0.1) is 0 Å². The molecule has 6 heavy (non-hydrogen) atoms. The van der Waals surface area contributed by atoms with Crippen molar-refractivity contribution in [2.24, 2.45) is 11.6 Å². The average Bonchev–Trinajstić information content (AvgIpc) is 1.46. The highest BCUT2D eigenvalue weighted by atomic mass is 16.6. The van der Waals surface area contributed by atoms with E-state index in [0.29, 0.717) is 0 Å². The van der Waals surface area contributed by atoms with Crippen molar-refractivity contribution in [1.82, 2.24) is 0 Å². The molecule has 0 atom stereocenters. The molecule has 0 fully saturated rings. The molecule has 0 aromatic rings. The van der Waals surface area contributed by atoms with E-state index in [1.54, 1.807) is 0 Å². The lowest BCUT2D eigenvalue weighted by Crippen LogP contribution is -1.86. The number of hydrogen-bond acceptors (Lipinski definition) is 3. The normalized spacial score (nSPS) is 4.00. The van der Waals surface area contributed by atoms with Crippen molar-refractivity contribution in [1.29, 1.82) is 0 Å². The highest BCUT2D eigenvalue weighted by molar-refractivity contribution is 3.54. The van der Waals surface area contributed by atoms with E-state index in [0.717, 1.165) is 0 Å². The lowest BCUT2D eigenvalue weighted by Gasteiger charge is -1.62. The van der Waals surface area contributed by atoms with Gasteiger partial charge in [-0.05, 0) is 7.05 Å². The van der Waals surface area contributed by atoms with Crippen LogP contribution in [0, 0.1) is 0 Å². The molecule has 0 bridgehead atoms. The Labute approximate surface area is 39.2 Å². The third-order valence-corrected chi connectivity index (χ3v) is 0. The summed E-state index contributed by atoms with van der Waals surface area (Å²) in [5.41, 5.74) is 4.50. The third kappa shape index (κ3) is 2230. The van der Waals surface area contributed by atoms with E-state index in [9.17, 15) is 0 Å². The maximum Gasteiger partial charge on any atom is 0.0569 e. The van der Waals surface area contributed by atoms with Crippen LogP contribution >= 0.6 is 0 Å². The molecule has 0 aliphatic heterocycles. The van der Waals surface area contributed by atoms with E-state index in [1.165, 1.54) is 14.2 Å². The summed E-state index contributed by atoms with van der Waals surface area (Å²) in [7, 11) is 2.90. The summed E-state index contributed by atoms with van der Waals surface area (Å²) >= 11 is 0. The van der Waals surface area contributed by atoms with Gasteiger partial charge in [0.2, 0.25) is 0 Å². The van der Waals surface area contributed by atoms with Crippen LogP contribution in [0.3, 0.4) is 0 Å². The molecule has 42 valence electrons. The van der Waals surface area contributed by atoms with Crippen molar-refractivity contribution >= 4 is 0 Å². The number of hydrogen-bond donors (Lipinski definition) is 2. The van der Waals surface area contributed by atoms with E-state index >= 15 is 0 Å². The fraction of sp³-hybridized carbons (Fsp3) is 1.00. The summed E-state index contributed by atoms with van der Waals surface area (Å²) < 4.78 is 0. The maximum atomic E-state index is 4.50. The SMILES string of the molecule is C.CN.CON. The molecule has 0 aliphatic carbocycles. The smallest absolute Gasteiger partial charge is 0.0569 e. The minimum absolute atomic E-state index is 0. The summed E-state index contributed by atoms with van der Waals surface area (Å²) in [5.74, 6) is 4.35. The summed E-state index contributed by atoms with van der Waals surface area (Å²) in [4.78, 5) is 3.75. The van der Waals surface area contributed by atoms with Gasteiger partial charge in [-0.3, -0.25) is 0 Å². The van der Waals surface area contributed by atoms with Crippen LogP contribution in [0.2, 0.25) is 0 Å². The van der Waals surface area contributed by atoms with Gasteiger partial charge in [-0.25, -0.2) is 5.90 Å². The fourth-order valence-corrected chi connectivity index (χ4v) is 0. The van der Waals surface area contributed by atoms with Gasteiger partial charge in [0.1, 0.15) is 0 Å². The average molecular weight is 94.2 g/mol. The van der Waals surface area contributed by atoms with E-state index in [4.69, 9.17) is 0 Å². The Bertz CT molecular complexity index is 8.75. The molecule has 0 radical (unpaired) electrons. The zero-order valence-electron chi connectivity index (χ0n) is 3.56. The van der Waals surface area contributed by atoms with Crippen LogP contribution in [0.15, 0.2) is 0 Å². The largest absolute Gasteiger partial charge is 0.333 e. The van der Waals surface area contributed by atoms with Crippen LogP contribution in [0.4, 0.5) is 0 Å². The van der Waals surface area contributed by atoms with E-state index in [-0.39, 0.29) is 7.43 Å². The van der Waals surface area contributed by atoms with Crippen molar-refractivity contribution in [3.8, 4) is 0 Å². The molecule has 0 aromatic carbocycles. The standard InChI is InChI=1S/CH5NO.CH5N.CH4/c1-3-2;1-2;/h2H2,1H3;2H2,1H3;1H4. The predicted molar refractivity (Wildman–Crippen MR) is 28.0 cm³/mol. The van der Waals surface area contributed by atoms with Gasteiger partial charge in [0.25, 0.3) is 0 Å². The lowest BCUT2D eigenvalue weighted by atomic mass is 11.6. The van der Waals surface area contributed by atoms with Crippen LogP contribution in [0.5, 0.6) is 0 Å². The summed E-state index contributed by atoms with van der Waals surface area (Å²) in [6, 6.07) is 0. The predicted octanol–water partition coefficient (Wildman–Crippen LogP) is -0.282. The Morgan fingerprint density at radius 2 is 1.33 bits per heavy atom. The highest BCUT2D eigenvalue weighted by Crippen LogP contribution is 1.14. The molecule has 0 saturated heterocycles. The third-order valence-electron chi connectivity index (χ3n) is 0. The first-order valence-electron chi connectivity index (χ1n) is 1.22. The van der Waals surface area contributed by atoms with E-state index in [1.807, 2.05) is 0 Å². The van der Waals surface area contributed by atoms with E-state index < -0.39 is 0 Å². The molecule has 0 aromatic heterocycles. The maximum absolute atomic E-state index is 4.50. The second-order valence-electron chi connectivity index (χ2n) is 0.236. The Hall–Kier alpha value is -0.120. The van der Waals surface area contributed by atoms with E-state index in [2.05, 4.69) is 16.5 Å². The molecule has 3 nitrogen and oxygen atoms in total. The van der Waals surface area contributed by atoms with Crippen molar-refractivity contribution in [3.63, 3.8) is 0 Å². The molecule has 4 N–H and O–H groups in total. The molecule has 0 heterocycles. The number of nitrogens with two attached hydrogens (primary N) is 2. The quantitative estimate of drug-likeness (QED) is 0.406. The monoisotopic (exact) mass is 94.1 g/mol. The molecule has 0 spiro atoms. The van der Waals surface area contributed by atoms with Crippen LogP contribution in [0.25, 0.3) is 0 Å². The topological polar surface area (TPSA) is 61.3 Å². The van der Waals surface area contributed by atoms with Gasteiger partial charge in [0.05, 0.1) is 7.11 Å². The van der Waals surface area contributed by atoms with Crippen molar-refractivity contribution in [2.45, 2.75) is 7.43 Å². The molecule has 0 amide bonds. The molecule has 3 heteroatoms. The molecule has 0 saturated carbocycles. The van der Waals surface area contributed by atoms with Crippen molar-refractivity contribution < 1.29 is 4.84 Å². The van der Waals surface area contributed by atoms with Crippen LogP contribution in [0.1, 0.15) is 7.43 Å². The molecular formula is C3H14N2O. The minimum atomic E-state index is 0. The van der Waals surface area contributed by atoms with Crippen LogP contribution in [-0.4, -0.2) is 14.2 Å². The molecule has 0 aliphatic rings. The van der Waals surface area contributed by atoms with Crippen molar-refractivity contribution in [2.75, 3.05) is 14.2 Å². The van der Waals surface area contributed by atoms with Gasteiger partial charge >= 0.3 is 0 Å². The Morgan fingerprint density at radius 3 is 1.33 bits per heavy atom. The minimum Gasteiger partial charge on any atom is -0.333 e. The molecule has 0 unspecified atom stereocenters. The second kappa shape index (κ2) is 94.9. The van der Waals surface area contributed by atoms with Crippen molar-refractivity contribution in [3.05, 3.63) is 0 Å². The van der Waals surface area contributed by atoms with Crippen LogP contribution in [-0.2, 0) is 4.84 Å². The van der Waals surface area contributed by atoms with Crippen LogP contribution < -0.4 is 11.6 Å². The van der Waals surface area contributed by atoms with Gasteiger partial charge in [-0.1, -0.05) is 7.43 Å².